The fraction of sp³-hybridized carbons (Fsp3) is 0.444. The van der Waals surface area contributed by atoms with Gasteiger partial charge in [0, 0.05) is 5.69 Å². The van der Waals surface area contributed by atoms with Crippen LogP contribution in [0.15, 0.2) is 24.3 Å². The van der Waals surface area contributed by atoms with Crippen LogP contribution in [-0.2, 0) is 23.9 Å². The Hall–Kier alpha value is -2.94. The first-order valence-corrected chi connectivity index (χ1v) is 8.70. The molecule has 2 amide bonds. The molecule has 9 heteroatoms. The van der Waals surface area contributed by atoms with Crippen LogP contribution in [0.1, 0.15) is 23.7 Å². The van der Waals surface area contributed by atoms with Crippen molar-refractivity contribution in [2.75, 3.05) is 38.7 Å². The minimum atomic E-state index is -0.664. The Kier molecular flexibility index (Phi) is 7.30. The van der Waals surface area contributed by atoms with Crippen molar-refractivity contribution in [1.82, 2.24) is 5.32 Å². The lowest BCUT2D eigenvalue weighted by atomic mass is 10.1. The number of esters is 2. The average Bonchev–Trinajstić information content (AvgIpc) is 2.65. The van der Waals surface area contributed by atoms with Gasteiger partial charge in [0.25, 0.3) is 11.8 Å². The molecule has 9 nitrogen and oxygen atoms in total. The maximum Gasteiger partial charge on any atom is 0.338 e. The van der Waals surface area contributed by atoms with Gasteiger partial charge in [-0.3, -0.25) is 14.4 Å². The van der Waals surface area contributed by atoms with Gasteiger partial charge in [-0.2, -0.15) is 0 Å². The SMILES string of the molecule is CCOC(=O)c1ccc(NC(=O)C[NH+]2CCNC(=O)[C@@H]2CC(=O)OC)cc1. The second-order valence-electron chi connectivity index (χ2n) is 6.05. The van der Waals surface area contributed by atoms with Gasteiger partial charge in [0.1, 0.15) is 6.42 Å². The van der Waals surface area contributed by atoms with Crippen molar-refractivity contribution >= 4 is 29.4 Å². The maximum atomic E-state index is 12.3. The summed E-state index contributed by atoms with van der Waals surface area (Å²) in [5.74, 6) is -1.49. The molecule has 0 radical (unpaired) electrons. The summed E-state index contributed by atoms with van der Waals surface area (Å²) in [4.78, 5) is 48.2. The second-order valence-corrected chi connectivity index (χ2v) is 6.05. The summed E-state index contributed by atoms with van der Waals surface area (Å²) < 4.78 is 9.53. The lowest BCUT2D eigenvalue weighted by Gasteiger charge is -2.30. The van der Waals surface area contributed by atoms with Gasteiger partial charge in [0.05, 0.1) is 32.4 Å². The van der Waals surface area contributed by atoms with E-state index in [0.717, 1.165) is 0 Å². The van der Waals surface area contributed by atoms with E-state index < -0.39 is 18.0 Å². The summed E-state index contributed by atoms with van der Waals surface area (Å²) in [5, 5.41) is 5.43. The number of piperazine rings is 1. The van der Waals surface area contributed by atoms with Crippen LogP contribution in [-0.4, -0.2) is 63.1 Å². The van der Waals surface area contributed by atoms with Crippen molar-refractivity contribution in [2.24, 2.45) is 0 Å². The highest BCUT2D eigenvalue weighted by atomic mass is 16.5. The van der Waals surface area contributed by atoms with Gasteiger partial charge in [-0.25, -0.2) is 4.79 Å². The van der Waals surface area contributed by atoms with Crippen molar-refractivity contribution in [2.45, 2.75) is 19.4 Å². The molecule has 1 aliphatic rings. The van der Waals surface area contributed by atoms with Crippen LogP contribution in [0.4, 0.5) is 5.69 Å². The molecule has 0 spiro atoms. The summed E-state index contributed by atoms with van der Waals surface area (Å²) >= 11 is 0. The van der Waals surface area contributed by atoms with E-state index in [9.17, 15) is 19.2 Å². The van der Waals surface area contributed by atoms with Gasteiger partial charge in [-0.15, -0.1) is 0 Å². The number of benzene rings is 1. The number of nitrogens with one attached hydrogen (secondary N) is 3. The standard InChI is InChI=1S/C18H23N3O6/c1-3-27-18(25)12-4-6-13(7-5-12)20-15(22)11-21-9-8-19-17(24)14(21)10-16(23)26-2/h4-7,14H,3,8-11H2,1-2H3,(H,19,24)(H,20,22)/p+1/t14-/m0/s1. The van der Waals surface area contributed by atoms with E-state index in [4.69, 9.17) is 4.74 Å². The number of quaternary nitrogens is 1. The van der Waals surface area contributed by atoms with Crippen LogP contribution in [0, 0.1) is 0 Å². The van der Waals surface area contributed by atoms with E-state index in [1.165, 1.54) is 7.11 Å². The van der Waals surface area contributed by atoms with E-state index in [-0.39, 0.29) is 31.4 Å². The topological polar surface area (TPSA) is 115 Å². The first-order chi connectivity index (χ1) is 12.9. The zero-order chi connectivity index (χ0) is 19.8. The monoisotopic (exact) mass is 378 g/mol. The van der Waals surface area contributed by atoms with Gasteiger partial charge in [0.15, 0.2) is 12.6 Å². The molecule has 0 aliphatic carbocycles. The number of carbonyl (C=O) groups is 4. The van der Waals surface area contributed by atoms with Gasteiger partial charge in [-0.1, -0.05) is 0 Å². The van der Waals surface area contributed by atoms with Crippen LogP contribution < -0.4 is 15.5 Å². The van der Waals surface area contributed by atoms with Crippen LogP contribution >= 0.6 is 0 Å². The molecule has 2 rings (SSSR count). The molecule has 146 valence electrons. The second kappa shape index (κ2) is 9.67. The normalized spacial score (nSPS) is 19.0. The molecule has 1 aliphatic heterocycles. The lowest BCUT2D eigenvalue weighted by Crippen LogP contribution is -3.20. The van der Waals surface area contributed by atoms with Crippen molar-refractivity contribution in [3.8, 4) is 0 Å². The highest BCUT2D eigenvalue weighted by Crippen LogP contribution is 2.10. The summed E-state index contributed by atoms with van der Waals surface area (Å²) in [6, 6.07) is 5.68. The van der Waals surface area contributed by atoms with Gasteiger partial charge < -0.3 is 25.0 Å². The third-order valence-corrected chi connectivity index (χ3v) is 4.22. The number of anilines is 1. The molecule has 0 saturated carbocycles. The molecule has 2 atom stereocenters. The summed E-state index contributed by atoms with van der Waals surface area (Å²) in [6.07, 6.45) is -0.0841. The highest BCUT2D eigenvalue weighted by Gasteiger charge is 2.36. The fourth-order valence-corrected chi connectivity index (χ4v) is 2.84. The molecule has 1 fully saturated rings. The summed E-state index contributed by atoms with van der Waals surface area (Å²) in [6.45, 7) is 3.02. The fourth-order valence-electron chi connectivity index (χ4n) is 2.84. The van der Waals surface area contributed by atoms with E-state index >= 15 is 0 Å². The first-order valence-electron chi connectivity index (χ1n) is 8.70. The van der Waals surface area contributed by atoms with Gasteiger partial charge >= 0.3 is 11.9 Å². The number of hydrogen-bond acceptors (Lipinski definition) is 6. The van der Waals surface area contributed by atoms with Crippen LogP contribution in [0.25, 0.3) is 0 Å². The third kappa shape index (κ3) is 5.78. The van der Waals surface area contributed by atoms with Crippen molar-refractivity contribution in [3.05, 3.63) is 29.8 Å². The Bertz CT molecular complexity index is 704. The smallest absolute Gasteiger partial charge is 0.338 e. The van der Waals surface area contributed by atoms with Crippen LogP contribution in [0.5, 0.6) is 0 Å². The Balaban J connectivity index is 1.96. The average molecular weight is 378 g/mol. The Morgan fingerprint density at radius 1 is 1.26 bits per heavy atom. The first kappa shape index (κ1) is 20.4. The number of ether oxygens (including phenoxy) is 2. The molecule has 1 aromatic rings. The maximum absolute atomic E-state index is 12.3. The molecule has 3 N–H and O–H groups in total. The number of carbonyl (C=O) groups excluding carboxylic acids is 4. The predicted molar refractivity (Wildman–Crippen MR) is 95.2 cm³/mol. The van der Waals surface area contributed by atoms with Crippen molar-refractivity contribution < 1.29 is 33.6 Å². The van der Waals surface area contributed by atoms with Crippen LogP contribution in [0.3, 0.4) is 0 Å². The lowest BCUT2D eigenvalue weighted by molar-refractivity contribution is -0.909. The third-order valence-electron chi connectivity index (χ3n) is 4.22. The van der Waals surface area contributed by atoms with Crippen molar-refractivity contribution in [1.29, 1.82) is 0 Å². The zero-order valence-electron chi connectivity index (χ0n) is 15.4. The largest absolute Gasteiger partial charge is 0.469 e. The van der Waals surface area contributed by atoms with Crippen LogP contribution in [0.2, 0.25) is 0 Å². The summed E-state index contributed by atoms with van der Waals surface area (Å²) in [5.41, 5.74) is 0.921. The molecule has 1 heterocycles. The minimum absolute atomic E-state index is 0.0364. The van der Waals surface area contributed by atoms with E-state index in [0.29, 0.717) is 29.2 Å². The number of rotatable bonds is 7. The summed E-state index contributed by atoms with van der Waals surface area (Å²) in [7, 11) is 1.26. The van der Waals surface area contributed by atoms with E-state index in [1.807, 2.05) is 0 Å². The quantitative estimate of drug-likeness (QED) is 0.511. The molecule has 27 heavy (non-hydrogen) atoms. The Morgan fingerprint density at radius 2 is 1.96 bits per heavy atom. The number of hydrogen-bond donors (Lipinski definition) is 3. The Morgan fingerprint density at radius 3 is 2.59 bits per heavy atom. The predicted octanol–water partition coefficient (Wildman–Crippen LogP) is -1.25. The van der Waals surface area contributed by atoms with E-state index in [1.54, 1.807) is 31.2 Å². The number of amides is 2. The van der Waals surface area contributed by atoms with Gasteiger partial charge in [0.2, 0.25) is 0 Å². The minimum Gasteiger partial charge on any atom is -0.469 e. The molecular formula is C18H24N3O6+. The molecule has 1 aromatic carbocycles. The molecular weight excluding hydrogens is 354 g/mol. The van der Waals surface area contributed by atoms with Crippen molar-refractivity contribution in [3.63, 3.8) is 0 Å². The molecule has 0 aromatic heterocycles. The highest BCUT2D eigenvalue weighted by molar-refractivity contribution is 5.93. The molecule has 1 saturated heterocycles. The zero-order valence-corrected chi connectivity index (χ0v) is 15.4. The number of methoxy groups -OCH3 is 1. The van der Waals surface area contributed by atoms with Gasteiger partial charge in [-0.05, 0) is 31.2 Å². The van der Waals surface area contributed by atoms with E-state index in [2.05, 4.69) is 15.4 Å². The Labute approximate surface area is 157 Å². The molecule has 0 bridgehead atoms. The molecule has 1 unspecified atom stereocenters.